The highest BCUT2D eigenvalue weighted by Crippen LogP contribution is 2.27. The van der Waals surface area contributed by atoms with Crippen LogP contribution < -0.4 is 5.32 Å². The van der Waals surface area contributed by atoms with E-state index in [-0.39, 0.29) is 6.04 Å². The van der Waals surface area contributed by atoms with Gasteiger partial charge in [0.15, 0.2) is 0 Å². The smallest absolute Gasteiger partial charge is 0.0482 e. The van der Waals surface area contributed by atoms with Crippen LogP contribution in [0.25, 0.3) is 0 Å². The van der Waals surface area contributed by atoms with Gasteiger partial charge in [-0.25, -0.2) is 0 Å². The molecule has 3 rings (SSSR count). The molecule has 0 spiro atoms. The van der Waals surface area contributed by atoms with E-state index in [1.165, 1.54) is 11.8 Å². The van der Waals surface area contributed by atoms with Crippen molar-refractivity contribution in [3.63, 3.8) is 0 Å². The van der Waals surface area contributed by atoms with E-state index in [4.69, 9.17) is 5.41 Å². The van der Waals surface area contributed by atoms with E-state index in [2.05, 4.69) is 65.5 Å². The van der Waals surface area contributed by atoms with Crippen molar-refractivity contribution in [2.75, 3.05) is 0 Å². The Hall–Kier alpha value is -3.20. The van der Waals surface area contributed by atoms with Gasteiger partial charge in [-0.05, 0) is 42.2 Å². The molecule has 0 saturated carbocycles. The summed E-state index contributed by atoms with van der Waals surface area (Å²) >= 11 is 0. The molecule has 2 aliphatic carbocycles. The van der Waals surface area contributed by atoms with Crippen molar-refractivity contribution < 1.29 is 0 Å². The first kappa shape index (κ1) is 18.6. The van der Waals surface area contributed by atoms with Gasteiger partial charge in [0.05, 0.1) is 0 Å². The van der Waals surface area contributed by atoms with Gasteiger partial charge in [-0.1, -0.05) is 61.3 Å². The molecule has 0 amide bonds. The fourth-order valence-electron chi connectivity index (χ4n) is 3.21. The lowest BCUT2D eigenvalue weighted by molar-refractivity contribution is 0.683. The van der Waals surface area contributed by atoms with Crippen molar-refractivity contribution in [3.05, 3.63) is 114 Å². The second-order valence-corrected chi connectivity index (χ2v) is 6.54. The van der Waals surface area contributed by atoms with Crippen LogP contribution in [0, 0.1) is 5.41 Å². The normalized spacial score (nSPS) is 22.3. The van der Waals surface area contributed by atoms with Crippen LogP contribution in [0.3, 0.4) is 0 Å². The molecular formula is C24H25N3. The first-order valence-electron chi connectivity index (χ1n) is 9.23. The molecule has 0 aromatic carbocycles. The van der Waals surface area contributed by atoms with E-state index < -0.39 is 0 Å². The molecule has 0 radical (unpaired) electrons. The number of hydrogen-bond acceptors (Lipinski definition) is 3. The topological polar surface area (TPSA) is 48.8 Å². The first-order chi connectivity index (χ1) is 13.3. The Kier molecular flexibility index (Phi) is 6.53. The third-order valence-corrected chi connectivity index (χ3v) is 4.68. The number of rotatable bonds is 7. The molecule has 27 heavy (non-hydrogen) atoms. The Morgan fingerprint density at radius 3 is 2.74 bits per heavy atom. The number of nitrogens with one attached hydrogen (secondary N) is 2. The third-order valence-electron chi connectivity index (χ3n) is 4.68. The van der Waals surface area contributed by atoms with Gasteiger partial charge in [0.25, 0.3) is 0 Å². The number of aromatic nitrogens is 1. The average Bonchev–Trinajstić information content (AvgIpc) is 2.75. The maximum Gasteiger partial charge on any atom is 0.0482 e. The average molecular weight is 355 g/mol. The van der Waals surface area contributed by atoms with Crippen LogP contribution in [-0.4, -0.2) is 17.2 Å². The van der Waals surface area contributed by atoms with Crippen LogP contribution in [0.1, 0.15) is 24.3 Å². The molecule has 0 fully saturated rings. The Bertz CT molecular complexity index is 851. The molecule has 0 bridgehead atoms. The lowest BCUT2D eigenvalue weighted by Gasteiger charge is -2.18. The summed E-state index contributed by atoms with van der Waals surface area (Å²) in [5, 5.41) is 11.3. The second kappa shape index (κ2) is 9.48. The summed E-state index contributed by atoms with van der Waals surface area (Å²) in [7, 11) is 0. The van der Waals surface area contributed by atoms with Crippen LogP contribution in [0.2, 0.25) is 0 Å². The molecule has 3 heteroatoms. The summed E-state index contributed by atoms with van der Waals surface area (Å²) in [6.07, 6.45) is 27.7. The summed E-state index contributed by atoms with van der Waals surface area (Å²) < 4.78 is 0. The van der Waals surface area contributed by atoms with E-state index in [9.17, 15) is 0 Å². The van der Waals surface area contributed by atoms with Gasteiger partial charge in [-0.2, -0.15) is 0 Å². The van der Waals surface area contributed by atoms with Crippen molar-refractivity contribution in [1.29, 1.82) is 5.41 Å². The molecular weight excluding hydrogens is 330 g/mol. The quantitative estimate of drug-likeness (QED) is 0.523. The highest BCUT2D eigenvalue weighted by atomic mass is 14.9. The molecule has 136 valence electrons. The Morgan fingerprint density at radius 2 is 2.04 bits per heavy atom. The van der Waals surface area contributed by atoms with Crippen molar-refractivity contribution in [2.45, 2.75) is 24.8 Å². The Labute approximate surface area is 161 Å². The lowest BCUT2D eigenvalue weighted by atomic mass is 9.90. The van der Waals surface area contributed by atoms with Crippen LogP contribution >= 0.6 is 0 Å². The second-order valence-electron chi connectivity index (χ2n) is 6.54. The van der Waals surface area contributed by atoms with Crippen LogP contribution in [0.15, 0.2) is 109 Å². The van der Waals surface area contributed by atoms with Gasteiger partial charge in [0.2, 0.25) is 0 Å². The Balaban J connectivity index is 1.76. The van der Waals surface area contributed by atoms with Crippen LogP contribution in [-0.2, 0) is 0 Å². The molecule has 1 unspecified atom stereocenters. The highest BCUT2D eigenvalue weighted by molar-refractivity contribution is 5.82. The molecule has 1 aromatic rings. The zero-order valence-electron chi connectivity index (χ0n) is 15.4. The van der Waals surface area contributed by atoms with Gasteiger partial charge in [0, 0.05) is 41.8 Å². The summed E-state index contributed by atoms with van der Waals surface area (Å²) in [4.78, 5) is 4.10. The third kappa shape index (κ3) is 5.14. The lowest BCUT2D eigenvalue weighted by Crippen LogP contribution is -2.27. The van der Waals surface area contributed by atoms with Gasteiger partial charge >= 0.3 is 0 Å². The summed E-state index contributed by atoms with van der Waals surface area (Å²) in [5.41, 5.74) is 4.10. The number of pyridine rings is 1. The summed E-state index contributed by atoms with van der Waals surface area (Å²) in [6.45, 7) is 3.91. The minimum Gasteiger partial charge on any atom is -0.378 e. The number of hydrogen-bond donors (Lipinski definition) is 2. The van der Waals surface area contributed by atoms with Crippen molar-refractivity contribution in [1.82, 2.24) is 10.3 Å². The van der Waals surface area contributed by atoms with E-state index >= 15 is 0 Å². The van der Waals surface area contributed by atoms with E-state index in [0.717, 1.165) is 29.7 Å². The van der Waals surface area contributed by atoms with Crippen LogP contribution in [0.5, 0.6) is 0 Å². The van der Waals surface area contributed by atoms with Gasteiger partial charge in [0.1, 0.15) is 0 Å². The molecule has 2 N–H and O–H groups in total. The minimum atomic E-state index is 0.233. The fourth-order valence-corrected chi connectivity index (χ4v) is 3.21. The predicted molar refractivity (Wildman–Crippen MR) is 114 cm³/mol. The number of nitrogens with zero attached hydrogens (tertiary/aromatic N) is 1. The Morgan fingerprint density at radius 1 is 1.19 bits per heavy atom. The molecule has 2 aliphatic rings. The largest absolute Gasteiger partial charge is 0.378 e. The SMILES string of the molecule is C=C/C(N[C@H]1C=CC=CC1)=C(C=N)\C=C\C1=CC(c2ccncc2)CC=C1. The molecule has 2 atom stereocenters. The minimum absolute atomic E-state index is 0.233. The molecule has 1 heterocycles. The molecule has 0 aliphatic heterocycles. The standard InChI is InChI=1S/C24H25N3/c1-2-24(27-23-9-4-3-5-10-23)22(18-25)12-11-19-7-6-8-21(17-19)20-13-15-26-16-14-20/h2-7,9,11-18,21,23,25,27H,1,8,10H2/b12-11+,24-22-,25-18?/t21?,23-/m0/s1. The highest BCUT2D eigenvalue weighted by Gasteiger charge is 2.11. The van der Waals surface area contributed by atoms with E-state index in [1.54, 1.807) is 6.08 Å². The van der Waals surface area contributed by atoms with Crippen molar-refractivity contribution in [3.8, 4) is 0 Å². The molecule has 0 saturated heterocycles. The molecule has 3 nitrogen and oxygen atoms in total. The summed E-state index contributed by atoms with van der Waals surface area (Å²) in [5.74, 6) is 0.362. The predicted octanol–water partition coefficient (Wildman–Crippen LogP) is 5.17. The van der Waals surface area contributed by atoms with E-state index in [1.807, 2.05) is 30.6 Å². The maximum atomic E-state index is 7.80. The zero-order chi connectivity index (χ0) is 18.9. The van der Waals surface area contributed by atoms with Crippen molar-refractivity contribution in [2.24, 2.45) is 0 Å². The first-order valence-corrected chi connectivity index (χ1v) is 9.23. The number of allylic oxidation sites excluding steroid dienone is 10. The van der Waals surface area contributed by atoms with Gasteiger partial charge in [-0.15, -0.1) is 0 Å². The monoisotopic (exact) mass is 355 g/mol. The molecule has 1 aromatic heterocycles. The van der Waals surface area contributed by atoms with Gasteiger partial charge < -0.3 is 10.7 Å². The van der Waals surface area contributed by atoms with Crippen LogP contribution in [0.4, 0.5) is 0 Å². The fraction of sp³-hybridized carbons (Fsp3) is 0.167. The van der Waals surface area contributed by atoms with E-state index in [0.29, 0.717) is 5.92 Å². The summed E-state index contributed by atoms with van der Waals surface area (Å²) in [6, 6.07) is 4.36. The maximum absolute atomic E-state index is 7.80. The van der Waals surface area contributed by atoms with Crippen molar-refractivity contribution >= 4 is 6.21 Å². The van der Waals surface area contributed by atoms with Gasteiger partial charge in [-0.3, -0.25) is 4.98 Å². The zero-order valence-corrected chi connectivity index (χ0v) is 15.4.